The largest absolute Gasteiger partial charge is 0.481 e. The van der Waals surface area contributed by atoms with Gasteiger partial charge in [-0.3, -0.25) is 9.78 Å². The molecule has 10 nitrogen and oxygen atoms in total. The van der Waals surface area contributed by atoms with E-state index < -0.39 is 5.82 Å². The van der Waals surface area contributed by atoms with Gasteiger partial charge in [-0.15, -0.1) is 0 Å². The molecule has 0 radical (unpaired) electrons. The number of nitrogens with zero attached hydrogens (tertiary/aromatic N) is 3. The molecule has 4 aromatic rings. The van der Waals surface area contributed by atoms with Gasteiger partial charge >= 0.3 is 0 Å². The van der Waals surface area contributed by atoms with Gasteiger partial charge in [0.15, 0.2) is 11.6 Å². The molecule has 1 aliphatic rings. The number of amides is 1. The lowest BCUT2D eigenvalue weighted by Gasteiger charge is -2.16. The lowest BCUT2D eigenvalue weighted by atomic mass is 10.0. The first-order chi connectivity index (χ1) is 21.4. The van der Waals surface area contributed by atoms with E-state index in [2.05, 4.69) is 31.2 Å². The van der Waals surface area contributed by atoms with Crippen LogP contribution in [0.3, 0.4) is 0 Å². The van der Waals surface area contributed by atoms with Crippen molar-refractivity contribution in [2.24, 2.45) is 0 Å². The van der Waals surface area contributed by atoms with Crippen LogP contribution in [-0.4, -0.2) is 58.8 Å². The van der Waals surface area contributed by atoms with Gasteiger partial charge in [0.2, 0.25) is 11.8 Å². The number of rotatable bonds is 13. The van der Waals surface area contributed by atoms with E-state index in [1.54, 1.807) is 31.5 Å². The van der Waals surface area contributed by atoms with E-state index in [-0.39, 0.29) is 35.9 Å². The zero-order valence-corrected chi connectivity index (χ0v) is 25.5. The third-order valence-corrected chi connectivity index (χ3v) is 7.96. The number of hydrogen-bond donors (Lipinski definition) is 5. The van der Waals surface area contributed by atoms with Crippen LogP contribution in [0.4, 0.5) is 15.9 Å². The van der Waals surface area contributed by atoms with Crippen LogP contribution >= 0.6 is 23.2 Å². The van der Waals surface area contributed by atoms with Crippen LogP contribution in [0.2, 0.25) is 10.0 Å². The highest BCUT2D eigenvalue weighted by Crippen LogP contribution is 2.41. The Bertz CT molecular complexity index is 1640. The van der Waals surface area contributed by atoms with Gasteiger partial charge in [-0.05, 0) is 24.6 Å². The third kappa shape index (κ3) is 7.25. The first-order valence-electron chi connectivity index (χ1n) is 14.1. The van der Waals surface area contributed by atoms with Gasteiger partial charge in [0.25, 0.3) is 0 Å². The number of hydrogen-bond acceptors (Lipinski definition) is 9. The molecule has 230 valence electrons. The number of carbonyl (C=O) groups excluding carboxylic acids is 1. The van der Waals surface area contributed by atoms with Gasteiger partial charge in [0.05, 0.1) is 40.8 Å². The van der Waals surface area contributed by atoms with E-state index in [0.29, 0.717) is 70.7 Å². The maximum atomic E-state index is 15.1. The van der Waals surface area contributed by atoms with Gasteiger partial charge in [0, 0.05) is 73.3 Å². The highest BCUT2D eigenvalue weighted by Gasteiger charge is 2.21. The van der Waals surface area contributed by atoms with E-state index in [1.165, 1.54) is 6.20 Å². The molecular formula is C31H32Cl2FN7O3. The summed E-state index contributed by atoms with van der Waals surface area (Å²) in [6.45, 7) is 1.70. The molecule has 0 saturated carbocycles. The topological polar surface area (TPSA) is 133 Å². The third-order valence-electron chi connectivity index (χ3n) is 7.17. The van der Waals surface area contributed by atoms with E-state index in [1.807, 2.05) is 24.3 Å². The monoisotopic (exact) mass is 639 g/mol. The smallest absolute Gasteiger partial charge is 0.220 e. The maximum Gasteiger partial charge on any atom is 0.220 e. The summed E-state index contributed by atoms with van der Waals surface area (Å²) < 4.78 is 20.7. The molecule has 0 aliphatic carbocycles. The fourth-order valence-electron chi connectivity index (χ4n) is 4.92. The summed E-state index contributed by atoms with van der Waals surface area (Å²) in [5.41, 5.74) is 3.88. The Morgan fingerprint density at radius 3 is 2.59 bits per heavy atom. The normalized spacial score (nSPS) is 14.5. The number of aliphatic hydroxyl groups excluding tert-OH is 1. The molecule has 1 amide bonds. The SMILES string of the molecule is COc1nc(-c2cccc(-c3nccc(Nc4nccc(CNCCO)c4F)c3Cl)c2Cl)ccc1CNCC1CCC(=O)N1. The van der Waals surface area contributed by atoms with Gasteiger partial charge in [0.1, 0.15) is 0 Å². The van der Waals surface area contributed by atoms with Gasteiger partial charge in [-0.2, -0.15) is 0 Å². The minimum absolute atomic E-state index is 0.00562. The zero-order valence-electron chi connectivity index (χ0n) is 24.0. The molecule has 1 aliphatic heterocycles. The number of aromatic nitrogens is 3. The molecule has 1 saturated heterocycles. The average Bonchev–Trinajstić information content (AvgIpc) is 3.45. The number of benzene rings is 1. The summed E-state index contributed by atoms with van der Waals surface area (Å²) in [6, 6.07) is 12.6. The number of carbonyl (C=O) groups is 1. The minimum Gasteiger partial charge on any atom is -0.481 e. The van der Waals surface area contributed by atoms with Crippen LogP contribution in [0, 0.1) is 5.82 Å². The van der Waals surface area contributed by atoms with Gasteiger partial charge in [-0.1, -0.05) is 47.5 Å². The van der Waals surface area contributed by atoms with E-state index in [4.69, 9.17) is 38.0 Å². The molecule has 5 N–H and O–H groups in total. The van der Waals surface area contributed by atoms with Crippen molar-refractivity contribution < 1.29 is 19.0 Å². The molecule has 0 spiro atoms. The minimum atomic E-state index is -0.531. The predicted octanol–water partition coefficient (Wildman–Crippen LogP) is 4.85. The summed E-state index contributed by atoms with van der Waals surface area (Å²) in [6.07, 6.45) is 4.42. The molecule has 4 heterocycles. The Morgan fingerprint density at radius 1 is 1.02 bits per heavy atom. The second-order valence-corrected chi connectivity index (χ2v) is 10.9. The molecule has 1 aromatic carbocycles. The van der Waals surface area contributed by atoms with Crippen molar-refractivity contribution in [2.45, 2.75) is 32.0 Å². The fraction of sp³-hybridized carbons (Fsp3) is 0.290. The molecule has 13 heteroatoms. The highest BCUT2D eigenvalue weighted by molar-refractivity contribution is 6.39. The molecule has 44 heavy (non-hydrogen) atoms. The van der Waals surface area contributed by atoms with Crippen molar-refractivity contribution >= 4 is 40.6 Å². The Kier molecular flexibility index (Phi) is 10.6. The summed E-state index contributed by atoms with van der Waals surface area (Å²) in [4.78, 5) is 24.8. The van der Waals surface area contributed by atoms with Crippen molar-refractivity contribution in [2.75, 3.05) is 32.1 Å². The molecule has 3 aromatic heterocycles. The van der Waals surface area contributed by atoms with Crippen molar-refractivity contribution in [3.63, 3.8) is 0 Å². The molecule has 1 atom stereocenters. The molecule has 0 bridgehead atoms. The standard InChI is InChI=1S/C31H32Cl2FN7O3/c1-44-31-19(16-36-17-20-6-8-25(43)39-20)5-7-23(41-31)21-3-2-4-22(26(21)32)29-27(33)24(10-12-37-29)40-30-28(34)18(9-11-38-30)15-35-13-14-42/h2-5,7,9-12,20,35-36,42H,6,8,13-17H2,1H3,(H,39,43)(H,37,38,40). The van der Waals surface area contributed by atoms with Crippen LogP contribution in [0.25, 0.3) is 22.5 Å². The summed E-state index contributed by atoms with van der Waals surface area (Å²) in [5, 5.41) is 21.8. The number of methoxy groups -OCH3 is 1. The Labute approximate surface area is 264 Å². The Balaban J connectivity index is 1.37. The molecule has 1 unspecified atom stereocenters. The molecule has 1 fully saturated rings. The number of anilines is 2. The number of aliphatic hydroxyl groups is 1. The van der Waals surface area contributed by atoms with E-state index >= 15 is 4.39 Å². The summed E-state index contributed by atoms with van der Waals surface area (Å²) in [7, 11) is 1.56. The summed E-state index contributed by atoms with van der Waals surface area (Å²) >= 11 is 13.7. The van der Waals surface area contributed by atoms with Crippen LogP contribution in [-0.2, 0) is 17.9 Å². The Morgan fingerprint density at radius 2 is 1.82 bits per heavy atom. The van der Waals surface area contributed by atoms with Crippen LogP contribution < -0.4 is 26.0 Å². The predicted molar refractivity (Wildman–Crippen MR) is 169 cm³/mol. The van der Waals surface area contributed by atoms with E-state index in [0.717, 1.165) is 12.0 Å². The first-order valence-corrected chi connectivity index (χ1v) is 14.8. The van der Waals surface area contributed by atoms with Crippen LogP contribution in [0.5, 0.6) is 5.88 Å². The van der Waals surface area contributed by atoms with Crippen molar-refractivity contribution in [3.05, 3.63) is 81.8 Å². The maximum absolute atomic E-state index is 15.1. The summed E-state index contributed by atoms with van der Waals surface area (Å²) in [5.74, 6) is 0.0127. The number of ether oxygens (including phenoxy) is 1. The van der Waals surface area contributed by atoms with E-state index in [9.17, 15) is 4.79 Å². The number of pyridine rings is 3. The first kappa shape index (κ1) is 31.6. The van der Waals surface area contributed by atoms with Gasteiger partial charge in [-0.25, -0.2) is 14.4 Å². The fourth-order valence-corrected chi connectivity index (χ4v) is 5.49. The average molecular weight is 641 g/mol. The number of halogens is 3. The lowest BCUT2D eigenvalue weighted by Crippen LogP contribution is -2.35. The second-order valence-electron chi connectivity index (χ2n) is 10.1. The second kappa shape index (κ2) is 14.7. The van der Waals surface area contributed by atoms with Crippen LogP contribution in [0.1, 0.15) is 24.0 Å². The van der Waals surface area contributed by atoms with Crippen LogP contribution in [0.15, 0.2) is 54.9 Å². The zero-order chi connectivity index (χ0) is 31.1. The van der Waals surface area contributed by atoms with Crippen molar-refractivity contribution in [1.29, 1.82) is 0 Å². The lowest BCUT2D eigenvalue weighted by molar-refractivity contribution is -0.119. The Hall–Kier alpha value is -3.87. The highest BCUT2D eigenvalue weighted by atomic mass is 35.5. The quantitative estimate of drug-likeness (QED) is 0.130. The van der Waals surface area contributed by atoms with Crippen molar-refractivity contribution in [1.82, 2.24) is 30.9 Å². The number of nitrogens with one attached hydrogen (secondary N) is 4. The molecular weight excluding hydrogens is 608 g/mol. The molecule has 5 rings (SSSR count). The van der Waals surface area contributed by atoms with Gasteiger partial charge < -0.3 is 31.1 Å². The van der Waals surface area contributed by atoms with Crippen molar-refractivity contribution in [3.8, 4) is 28.4 Å².